The van der Waals surface area contributed by atoms with Crippen LogP contribution in [0.4, 0.5) is 5.82 Å². The summed E-state index contributed by atoms with van der Waals surface area (Å²) in [6.45, 7) is 2.09. The maximum atomic E-state index is 10.4. The Labute approximate surface area is 194 Å². The van der Waals surface area contributed by atoms with Crippen molar-refractivity contribution in [3.8, 4) is 0 Å². The summed E-state index contributed by atoms with van der Waals surface area (Å²) in [5.74, 6) is 1.80. The van der Waals surface area contributed by atoms with Crippen LogP contribution >= 0.6 is 23.4 Å². The molecule has 170 valence electrons. The number of hydrogen-bond donors (Lipinski definition) is 4. The van der Waals surface area contributed by atoms with Crippen molar-refractivity contribution in [2.24, 2.45) is 0 Å². The van der Waals surface area contributed by atoms with Gasteiger partial charge in [-0.1, -0.05) is 47.6 Å². The lowest BCUT2D eigenvalue weighted by Crippen LogP contribution is -2.31. The number of fused-ring (bicyclic) bond motifs is 1. The first kappa shape index (κ1) is 21.8. The molecular formula is C21H25ClN6O3S. The Balaban J connectivity index is 1.46. The number of aliphatic hydroxyl groups excluding tert-OH is 3. The van der Waals surface area contributed by atoms with Crippen LogP contribution in [0.1, 0.15) is 43.7 Å². The van der Waals surface area contributed by atoms with Crippen LogP contribution in [-0.2, 0) is 0 Å². The zero-order valence-electron chi connectivity index (χ0n) is 17.5. The van der Waals surface area contributed by atoms with Gasteiger partial charge in [0.15, 0.2) is 22.1 Å². The zero-order valence-corrected chi connectivity index (χ0v) is 19.0. The predicted octanol–water partition coefficient (Wildman–Crippen LogP) is 2.37. The summed E-state index contributed by atoms with van der Waals surface area (Å²) in [5.41, 5.74) is 2.17. The number of anilines is 1. The molecule has 2 heterocycles. The summed E-state index contributed by atoms with van der Waals surface area (Å²) in [6.07, 6.45) is -1.29. The number of hydrogen-bond acceptors (Lipinski definition) is 9. The summed E-state index contributed by atoms with van der Waals surface area (Å²) >= 11 is 7.69. The highest BCUT2D eigenvalue weighted by Gasteiger charge is 2.43. The first-order valence-corrected chi connectivity index (χ1v) is 12.1. The van der Waals surface area contributed by atoms with Gasteiger partial charge in [0.05, 0.1) is 12.1 Å². The minimum Gasteiger partial charge on any atom is -0.390 e. The molecule has 2 fully saturated rings. The van der Waals surface area contributed by atoms with Crippen molar-refractivity contribution in [1.82, 2.24) is 25.0 Å². The van der Waals surface area contributed by atoms with E-state index in [0.29, 0.717) is 28.1 Å². The van der Waals surface area contributed by atoms with Gasteiger partial charge in [0, 0.05) is 29.2 Å². The van der Waals surface area contributed by atoms with Gasteiger partial charge >= 0.3 is 0 Å². The van der Waals surface area contributed by atoms with E-state index in [0.717, 1.165) is 23.6 Å². The molecule has 9 nitrogen and oxygen atoms in total. The number of nitrogens with zero attached hydrogens (tertiary/aromatic N) is 5. The Kier molecular flexibility index (Phi) is 5.98. The minimum absolute atomic E-state index is 0.171. The lowest BCUT2D eigenvalue weighted by molar-refractivity contribution is -0.0253. The van der Waals surface area contributed by atoms with Gasteiger partial charge in [-0.15, -0.1) is 5.10 Å². The molecule has 32 heavy (non-hydrogen) atoms. The molecule has 0 saturated heterocycles. The van der Waals surface area contributed by atoms with Crippen LogP contribution in [0.3, 0.4) is 0 Å². The second-order valence-corrected chi connectivity index (χ2v) is 9.91. The number of nitrogens with one attached hydrogen (secondary N) is 1. The molecule has 11 heteroatoms. The molecule has 0 amide bonds. The lowest BCUT2D eigenvalue weighted by atomic mass is 10.1. The molecule has 6 unspecified atom stereocenters. The molecule has 0 radical (unpaired) electrons. The predicted molar refractivity (Wildman–Crippen MR) is 122 cm³/mol. The number of thioether (sulfide) groups is 1. The van der Waals surface area contributed by atoms with E-state index in [1.807, 2.05) is 18.2 Å². The van der Waals surface area contributed by atoms with Gasteiger partial charge in [-0.05, 0) is 30.5 Å². The van der Waals surface area contributed by atoms with Crippen LogP contribution in [0.25, 0.3) is 11.2 Å². The van der Waals surface area contributed by atoms with Crippen LogP contribution in [0.5, 0.6) is 0 Å². The third kappa shape index (κ3) is 4.06. The molecule has 2 aromatic heterocycles. The second-order valence-electron chi connectivity index (χ2n) is 8.41. The molecule has 3 aromatic rings. The van der Waals surface area contributed by atoms with Crippen molar-refractivity contribution >= 4 is 40.3 Å². The standard InChI is InChI=1S/C21H25ClN6O3S/c1-2-6-32-21-24-19(23-13-8-12(13)10-4-3-5-11(22)7-10)16-20(25-21)28(27-26-16)14-9-15(29)18(31)17(14)30/h3-5,7,12-15,17-18,29-31H,2,6,8-9H2,1H3,(H,23,24,25). The van der Waals surface area contributed by atoms with Crippen molar-refractivity contribution < 1.29 is 15.3 Å². The van der Waals surface area contributed by atoms with Crippen molar-refractivity contribution in [2.45, 2.75) is 67.7 Å². The highest BCUT2D eigenvalue weighted by molar-refractivity contribution is 7.99. The monoisotopic (exact) mass is 476 g/mol. The Morgan fingerprint density at radius 2 is 2.03 bits per heavy atom. The number of benzene rings is 1. The van der Waals surface area contributed by atoms with Gasteiger partial charge in [-0.2, -0.15) is 0 Å². The molecule has 2 saturated carbocycles. The van der Waals surface area contributed by atoms with Crippen molar-refractivity contribution in [3.05, 3.63) is 34.9 Å². The van der Waals surface area contributed by atoms with Gasteiger partial charge in [0.1, 0.15) is 12.2 Å². The Morgan fingerprint density at radius 3 is 2.75 bits per heavy atom. The molecule has 4 N–H and O–H groups in total. The average Bonchev–Trinajstić information content (AvgIpc) is 3.35. The van der Waals surface area contributed by atoms with Crippen molar-refractivity contribution in [3.63, 3.8) is 0 Å². The Morgan fingerprint density at radius 1 is 1.19 bits per heavy atom. The summed E-state index contributed by atoms with van der Waals surface area (Å²) in [7, 11) is 0. The topological polar surface area (TPSA) is 129 Å². The molecule has 1 aromatic carbocycles. The summed E-state index contributed by atoms with van der Waals surface area (Å²) < 4.78 is 1.50. The third-order valence-corrected chi connectivity index (χ3v) is 7.35. The van der Waals surface area contributed by atoms with E-state index in [9.17, 15) is 15.3 Å². The van der Waals surface area contributed by atoms with Gasteiger partial charge < -0.3 is 20.6 Å². The number of rotatable bonds is 7. The normalized spacial score (nSPS) is 29.5. The van der Waals surface area contributed by atoms with Crippen LogP contribution in [0.2, 0.25) is 5.02 Å². The Bertz CT molecular complexity index is 1130. The fourth-order valence-electron chi connectivity index (χ4n) is 4.25. The highest BCUT2D eigenvalue weighted by Crippen LogP contribution is 2.44. The fraction of sp³-hybridized carbons (Fsp3) is 0.524. The van der Waals surface area contributed by atoms with Crippen molar-refractivity contribution in [1.29, 1.82) is 0 Å². The van der Waals surface area contributed by atoms with E-state index in [4.69, 9.17) is 16.6 Å². The smallest absolute Gasteiger partial charge is 0.191 e. The Hall–Kier alpha value is -1.98. The number of halogens is 1. The van der Waals surface area contributed by atoms with E-state index >= 15 is 0 Å². The summed E-state index contributed by atoms with van der Waals surface area (Å²) in [5, 5.41) is 43.7. The van der Waals surface area contributed by atoms with Crippen LogP contribution in [0.15, 0.2) is 29.4 Å². The maximum Gasteiger partial charge on any atom is 0.191 e. The maximum absolute atomic E-state index is 10.4. The zero-order chi connectivity index (χ0) is 22.4. The van der Waals surface area contributed by atoms with Gasteiger partial charge in [0.25, 0.3) is 0 Å². The highest BCUT2D eigenvalue weighted by atomic mass is 35.5. The molecule has 2 aliphatic carbocycles. The molecule has 0 spiro atoms. The largest absolute Gasteiger partial charge is 0.390 e. The summed E-state index contributed by atoms with van der Waals surface area (Å²) in [4.78, 5) is 9.33. The average molecular weight is 477 g/mol. The molecule has 0 aliphatic heterocycles. The van der Waals surface area contributed by atoms with Gasteiger partial charge in [-0.25, -0.2) is 14.6 Å². The number of aromatic nitrogens is 5. The van der Waals surface area contributed by atoms with Gasteiger partial charge in [0.2, 0.25) is 0 Å². The lowest BCUT2D eigenvalue weighted by Gasteiger charge is -2.16. The quantitative estimate of drug-likeness (QED) is 0.300. The molecule has 0 bridgehead atoms. The first-order chi connectivity index (χ1) is 15.5. The van der Waals surface area contributed by atoms with Gasteiger partial charge in [-0.3, -0.25) is 0 Å². The second kappa shape index (κ2) is 8.75. The van der Waals surface area contributed by atoms with Crippen molar-refractivity contribution in [2.75, 3.05) is 11.1 Å². The van der Waals surface area contributed by atoms with Crippen LogP contribution in [-0.4, -0.2) is 70.4 Å². The van der Waals surface area contributed by atoms with E-state index < -0.39 is 24.4 Å². The summed E-state index contributed by atoms with van der Waals surface area (Å²) in [6, 6.07) is 7.46. The SMILES string of the molecule is CCCSc1nc(NC2CC2c2cccc(Cl)c2)c2nnn(C3CC(O)C(O)C3O)c2n1. The fourth-order valence-corrected chi connectivity index (χ4v) is 5.15. The molecule has 2 aliphatic rings. The van der Waals surface area contributed by atoms with E-state index in [-0.39, 0.29) is 12.5 Å². The van der Waals surface area contributed by atoms with E-state index in [2.05, 4.69) is 33.6 Å². The minimum atomic E-state index is -1.22. The van der Waals surface area contributed by atoms with E-state index in [1.165, 1.54) is 10.2 Å². The van der Waals surface area contributed by atoms with Crippen LogP contribution < -0.4 is 5.32 Å². The third-order valence-electron chi connectivity index (χ3n) is 6.06. The van der Waals surface area contributed by atoms with E-state index in [1.54, 1.807) is 11.8 Å². The first-order valence-electron chi connectivity index (χ1n) is 10.8. The molecular weight excluding hydrogens is 452 g/mol. The molecule has 5 rings (SSSR count). The molecule has 6 atom stereocenters. The van der Waals surface area contributed by atoms with Crippen LogP contribution in [0, 0.1) is 0 Å². The number of aliphatic hydroxyl groups is 3.